The van der Waals surface area contributed by atoms with Crippen molar-refractivity contribution in [1.29, 1.82) is 5.26 Å². The maximum Gasteiger partial charge on any atom is 0.382 e. The lowest BCUT2D eigenvalue weighted by Crippen LogP contribution is -2.19. The average Bonchev–Trinajstić information content (AvgIpc) is 1.59. The van der Waals surface area contributed by atoms with Crippen LogP contribution in [0.3, 0.4) is 0 Å². The quantitative estimate of drug-likeness (QED) is 0.542. The maximum absolute atomic E-state index is 10.2. The summed E-state index contributed by atoms with van der Waals surface area (Å²) in [4.78, 5) is 10.2. The van der Waals surface area contributed by atoms with Crippen LogP contribution in [0.25, 0.3) is 0 Å². The molecule has 0 rings (SSSR count). The number of rotatable bonds is 2. The first-order valence-corrected chi connectivity index (χ1v) is 3.55. The second kappa shape index (κ2) is 3.14. The number of carbonyl (C=O) groups excluding carboxylic acids is 1. The molecule has 0 fully saturated rings. The van der Waals surface area contributed by atoms with Crippen molar-refractivity contribution in [3.05, 3.63) is 0 Å². The Morgan fingerprint density at radius 1 is 1.70 bits per heavy atom. The molecular formula is C3H4N2O4S. The molecular weight excluding hydrogens is 160 g/mol. The van der Waals surface area contributed by atoms with Gasteiger partial charge in [0.1, 0.15) is 6.42 Å². The van der Waals surface area contributed by atoms with Gasteiger partial charge in [-0.1, -0.05) is 0 Å². The summed E-state index contributed by atoms with van der Waals surface area (Å²) in [7, 11) is -4.25. The van der Waals surface area contributed by atoms with E-state index in [0.717, 1.165) is 0 Å². The SMILES string of the molecule is N#CCC(=O)OS(N)(=O)=O. The standard InChI is InChI=1S/C3H4N2O4S/c4-2-1-3(6)9-10(5,7)8/h1H2,(H2,5,7,8). The third-order valence-corrected chi connectivity index (χ3v) is 0.851. The first-order chi connectivity index (χ1) is 4.45. The van der Waals surface area contributed by atoms with Crippen LogP contribution in [0.15, 0.2) is 0 Å². The first kappa shape index (κ1) is 8.87. The van der Waals surface area contributed by atoms with Crippen LogP contribution in [0.2, 0.25) is 0 Å². The molecule has 0 aromatic carbocycles. The fraction of sp³-hybridized carbons (Fsp3) is 0.333. The van der Waals surface area contributed by atoms with Gasteiger partial charge in [-0.3, -0.25) is 0 Å². The number of hydrogen-bond acceptors (Lipinski definition) is 5. The summed E-state index contributed by atoms with van der Waals surface area (Å²) in [6, 6.07) is 1.40. The molecule has 0 saturated carbocycles. The van der Waals surface area contributed by atoms with Gasteiger partial charge in [0.25, 0.3) is 0 Å². The number of nitriles is 1. The fourth-order valence-corrected chi connectivity index (χ4v) is 0.542. The Bertz CT molecular complexity index is 261. The Balaban J connectivity index is 3.97. The number of carbonyl (C=O) groups is 1. The first-order valence-electron chi connectivity index (χ1n) is 2.07. The van der Waals surface area contributed by atoms with Crippen LogP contribution in [-0.2, 0) is 19.3 Å². The van der Waals surface area contributed by atoms with E-state index in [0.29, 0.717) is 0 Å². The zero-order chi connectivity index (χ0) is 8.20. The van der Waals surface area contributed by atoms with E-state index in [1.165, 1.54) is 6.07 Å². The Kier molecular flexibility index (Phi) is 2.79. The lowest BCUT2D eigenvalue weighted by atomic mass is 10.5. The van der Waals surface area contributed by atoms with Crippen molar-refractivity contribution in [2.45, 2.75) is 6.42 Å². The smallest absolute Gasteiger partial charge is 0.333 e. The molecule has 0 bridgehead atoms. The molecule has 0 aliphatic rings. The molecule has 0 atom stereocenters. The van der Waals surface area contributed by atoms with E-state index < -0.39 is 22.7 Å². The lowest BCUT2D eigenvalue weighted by molar-refractivity contribution is -0.132. The van der Waals surface area contributed by atoms with E-state index in [9.17, 15) is 13.2 Å². The van der Waals surface area contributed by atoms with Gasteiger partial charge in [-0.25, -0.2) is 4.79 Å². The predicted octanol–water partition coefficient (Wildman–Crippen LogP) is -1.35. The molecule has 0 aliphatic heterocycles. The molecule has 0 aliphatic carbocycles. The summed E-state index contributed by atoms with van der Waals surface area (Å²) >= 11 is 0. The molecule has 0 aromatic rings. The van der Waals surface area contributed by atoms with Crippen LogP contribution >= 0.6 is 0 Å². The van der Waals surface area contributed by atoms with Gasteiger partial charge in [-0.05, 0) is 0 Å². The third-order valence-electron chi connectivity index (χ3n) is 0.432. The highest BCUT2D eigenvalue weighted by atomic mass is 32.2. The molecule has 10 heavy (non-hydrogen) atoms. The summed E-state index contributed by atoms with van der Waals surface area (Å²) in [5.74, 6) is -1.18. The molecule has 6 nitrogen and oxygen atoms in total. The van der Waals surface area contributed by atoms with Gasteiger partial charge in [-0.15, -0.1) is 0 Å². The van der Waals surface area contributed by atoms with Gasteiger partial charge < -0.3 is 4.18 Å². The van der Waals surface area contributed by atoms with Crippen LogP contribution in [0, 0.1) is 11.3 Å². The third kappa shape index (κ3) is 5.02. The number of nitrogens with two attached hydrogens (primary N) is 1. The molecule has 2 N–H and O–H groups in total. The minimum atomic E-state index is -4.25. The van der Waals surface area contributed by atoms with Crippen molar-refractivity contribution >= 4 is 16.3 Å². The molecule has 0 amide bonds. The van der Waals surface area contributed by atoms with Crippen molar-refractivity contribution in [2.75, 3.05) is 0 Å². The zero-order valence-electron chi connectivity index (χ0n) is 4.77. The molecule has 56 valence electrons. The molecule has 0 spiro atoms. The second-order valence-corrected chi connectivity index (χ2v) is 2.44. The minimum Gasteiger partial charge on any atom is -0.333 e. The van der Waals surface area contributed by atoms with Crippen molar-refractivity contribution in [3.8, 4) is 6.07 Å². The summed E-state index contributed by atoms with van der Waals surface area (Å²) in [6.45, 7) is 0. The van der Waals surface area contributed by atoms with E-state index in [2.05, 4.69) is 9.32 Å². The molecule has 0 unspecified atom stereocenters. The van der Waals surface area contributed by atoms with Crippen LogP contribution in [0.5, 0.6) is 0 Å². The minimum absolute atomic E-state index is 0.629. The zero-order valence-corrected chi connectivity index (χ0v) is 5.59. The van der Waals surface area contributed by atoms with Crippen LogP contribution in [-0.4, -0.2) is 14.4 Å². The van der Waals surface area contributed by atoms with E-state index >= 15 is 0 Å². The molecule has 7 heteroatoms. The predicted molar refractivity (Wildman–Crippen MR) is 29.4 cm³/mol. The van der Waals surface area contributed by atoms with Crippen molar-refractivity contribution in [2.24, 2.45) is 5.14 Å². The van der Waals surface area contributed by atoms with Crippen LogP contribution < -0.4 is 5.14 Å². The average molecular weight is 164 g/mol. The summed E-state index contributed by atoms with van der Waals surface area (Å²) in [5, 5.41) is 12.1. The Labute approximate surface area is 57.4 Å². The van der Waals surface area contributed by atoms with E-state index in [-0.39, 0.29) is 0 Å². The van der Waals surface area contributed by atoms with E-state index in [1.807, 2.05) is 0 Å². The highest BCUT2D eigenvalue weighted by Crippen LogP contribution is 1.87. The van der Waals surface area contributed by atoms with Crippen LogP contribution in [0.1, 0.15) is 6.42 Å². The normalized spacial score (nSPS) is 10.0. The second-order valence-electron chi connectivity index (χ2n) is 1.28. The molecule has 0 aromatic heterocycles. The van der Waals surface area contributed by atoms with Crippen molar-refractivity contribution < 1.29 is 17.4 Å². The topological polar surface area (TPSA) is 110 Å². The highest BCUT2D eigenvalue weighted by Gasteiger charge is 2.09. The summed E-state index contributed by atoms with van der Waals surface area (Å²) < 4.78 is 23.5. The number of hydrogen-bond donors (Lipinski definition) is 1. The van der Waals surface area contributed by atoms with Gasteiger partial charge in [-0.2, -0.15) is 18.8 Å². The van der Waals surface area contributed by atoms with Gasteiger partial charge in [0, 0.05) is 0 Å². The Hall–Kier alpha value is -1.13. The lowest BCUT2D eigenvalue weighted by Gasteiger charge is -1.94. The largest absolute Gasteiger partial charge is 0.382 e. The maximum atomic E-state index is 10.2. The Morgan fingerprint density at radius 3 is 2.50 bits per heavy atom. The van der Waals surface area contributed by atoms with Gasteiger partial charge >= 0.3 is 16.3 Å². The van der Waals surface area contributed by atoms with Gasteiger partial charge in [0.2, 0.25) is 0 Å². The van der Waals surface area contributed by atoms with Crippen molar-refractivity contribution in [1.82, 2.24) is 0 Å². The molecule has 0 radical (unpaired) electrons. The highest BCUT2D eigenvalue weighted by molar-refractivity contribution is 7.84. The van der Waals surface area contributed by atoms with E-state index in [4.69, 9.17) is 5.26 Å². The monoisotopic (exact) mass is 164 g/mol. The van der Waals surface area contributed by atoms with Crippen molar-refractivity contribution in [3.63, 3.8) is 0 Å². The summed E-state index contributed by atoms with van der Waals surface area (Å²) in [6.07, 6.45) is -0.629. The molecule has 0 heterocycles. The van der Waals surface area contributed by atoms with Gasteiger partial charge in [0.15, 0.2) is 0 Å². The Morgan fingerprint density at radius 2 is 2.20 bits per heavy atom. The van der Waals surface area contributed by atoms with E-state index in [1.54, 1.807) is 0 Å². The van der Waals surface area contributed by atoms with Gasteiger partial charge in [0.05, 0.1) is 6.07 Å². The fourth-order valence-electron chi connectivity index (χ4n) is 0.224. The number of nitrogens with zero attached hydrogens (tertiary/aromatic N) is 1. The molecule has 0 saturated heterocycles. The summed E-state index contributed by atoms with van der Waals surface area (Å²) in [5.41, 5.74) is 0. The van der Waals surface area contributed by atoms with Crippen LogP contribution in [0.4, 0.5) is 0 Å².